The average molecular weight is 430 g/mol. The summed E-state index contributed by atoms with van der Waals surface area (Å²) in [7, 11) is 1.60. The van der Waals surface area contributed by atoms with Gasteiger partial charge in [0.05, 0.1) is 16.9 Å². The number of halogens is 1. The molecule has 0 aliphatic heterocycles. The Kier molecular flexibility index (Phi) is 5.10. The molecule has 0 aromatic heterocycles. The normalized spacial score (nSPS) is 10.9. The lowest BCUT2D eigenvalue weighted by atomic mass is 10.1. The Labute approximate surface area is 153 Å². The van der Waals surface area contributed by atoms with Crippen molar-refractivity contribution in [3.05, 3.63) is 75.4 Å². The number of carbonyl (C=O) groups is 1. The van der Waals surface area contributed by atoms with Gasteiger partial charge >= 0.3 is 0 Å². The summed E-state index contributed by atoms with van der Waals surface area (Å²) in [5.74, 6) is 0.485. The van der Waals surface area contributed by atoms with E-state index in [9.17, 15) is 4.79 Å². The van der Waals surface area contributed by atoms with Crippen LogP contribution in [-0.4, -0.2) is 19.2 Å². The Balaban J connectivity index is 1.76. The first-order chi connectivity index (χ1) is 11.7. The van der Waals surface area contributed by atoms with E-state index in [0.29, 0.717) is 5.56 Å². The molecule has 4 nitrogen and oxygen atoms in total. The molecule has 0 radical (unpaired) electrons. The van der Waals surface area contributed by atoms with Crippen molar-refractivity contribution in [2.24, 2.45) is 5.10 Å². The molecule has 1 amide bonds. The number of ether oxygens (including phenoxy) is 1. The monoisotopic (exact) mass is 430 g/mol. The fourth-order valence-corrected chi connectivity index (χ4v) is 3.13. The van der Waals surface area contributed by atoms with E-state index < -0.39 is 0 Å². The summed E-state index contributed by atoms with van der Waals surface area (Å²) < 4.78 is 6.07. The number of carbonyl (C=O) groups excluding carboxylic acids is 1. The summed E-state index contributed by atoms with van der Waals surface area (Å²) >= 11 is 2.13. The lowest BCUT2D eigenvalue weighted by Gasteiger charge is -2.05. The molecule has 24 heavy (non-hydrogen) atoms. The zero-order chi connectivity index (χ0) is 16.9. The minimum absolute atomic E-state index is 0.257. The van der Waals surface area contributed by atoms with Crippen molar-refractivity contribution in [1.82, 2.24) is 5.43 Å². The van der Waals surface area contributed by atoms with Gasteiger partial charge in [-0.1, -0.05) is 42.5 Å². The summed E-state index contributed by atoms with van der Waals surface area (Å²) in [6, 6.07) is 19.3. The molecule has 120 valence electrons. The van der Waals surface area contributed by atoms with Crippen LogP contribution >= 0.6 is 22.6 Å². The van der Waals surface area contributed by atoms with Crippen LogP contribution in [0, 0.1) is 3.57 Å². The second kappa shape index (κ2) is 7.44. The molecule has 0 atom stereocenters. The van der Waals surface area contributed by atoms with E-state index in [1.165, 1.54) is 0 Å². The van der Waals surface area contributed by atoms with Crippen molar-refractivity contribution in [1.29, 1.82) is 0 Å². The van der Waals surface area contributed by atoms with Crippen molar-refractivity contribution >= 4 is 45.5 Å². The lowest BCUT2D eigenvalue weighted by Crippen LogP contribution is -2.17. The maximum atomic E-state index is 12.2. The highest BCUT2D eigenvalue weighted by Crippen LogP contribution is 2.21. The summed E-state index contributed by atoms with van der Waals surface area (Å²) in [5.41, 5.74) is 4.06. The minimum Gasteiger partial charge on any atom is -0.496 e. The molecule has 0 unspecified atom stereocenters. The zero-order valence-electron chi connectivity index (χ0n) is 13.0. The Morgan fingerprint density at radius 2 is 1.92 bits per heavy atom. The summed E-state index contributed by atoms with van der Waals surface area (Å²) in [4.78, 5) is 12.2. The number of methoxy groups -OCH3 is 1. The van der Waals surface area contributed by atoms with E-state index in [0.717, 1.165) is 25.7 Å². The minimum atomic E-state index is -0.257. The molecular formula is C19H15IN2O2. The number of fused-ring (bicyclic) bond motifs is 1. The van der Waals surface area contributed by atoms with Crippen LogP contribution in [0.25, 0.3) is 10.8 Å². The Morgan fingerprint density at radius 3 is 2.71 bits per heavy atom. The molecule has 0 spiro atoms. The Morgan fingerprint density at radius 1 is 1.12 bits per heavy atom. The van der Waals surface area contributed by atoms with E-state index in [-0.39, 0.29) is 5.91 Å². The first-order valence-corrected chi connectivity index (χ1v) is 8.41. The number of rotatable bonds is 4. The van der Waals surface area contributed by atoms with E-state index >= 15 is 0 Å². The molecule has 5 heteroatoms. The van der Waals surface area contributed by atoms with Crippen LogP contribution in [0.15, 0.2) is 65.8 Å². The van der Waals surface area contributed by atoms with E-state index in [1.807, 2.05) is 42.5 Å². The molecule has 0 bridgehead atoms. The number of nitrogens with one attached hydrogen (secondary N) is 1. The number of hydrogen-bond donors (Lipinski definition) is 1. The standard InChI is InChI=1S/C19H15IN2O2/c1-24-18-10-9-14(11-17(18)20)19(23)22-21-12-15-7-4-6-13-5-2-3-8-16(13)15/h2-12H,1H3,(H,22,23)/b21-12+. The SMILES string of the molecule is COc1ccc(C(=O)N/N=C/c2cccc3ccccc23)cc1I. The fraction of sp³-hybridized carbons (Fsp3) is 0.0526. The quantitative estimate of drug-likeness (QED) is 0.383. The maximum Gasteiger partial charge on any atom is 0.271 e. The van der Waals surface area contributed by atoms with Gasteiger partial charge in [-0.3, -0.25) is 4.79 Å². The predicted molar refractivity (Wildman–Crippen MR) is 105 cm³/mol. The first kappa shape index (κ1) is 16.4. The molecule has 0 fully saturated rings. The van der Waals surface area contributed by atoms with Crippen molar-refractivity contribution in [3.63, 3.8) is 0 Å². The van der Waals surface area contributed by atoms with E-state index in [4.69, 9.17) is 4.74 Å². The van der Waals surface area contributed by atoms with Gasteiger partial charge in [-0.15, -0.1) is 0 Å². The average Bonchev–Trinajstić information content (AvgIpc) is 2.61. The highest BCUT2D eigenvalue weighted by molar-refractivity contribution is 14.1. The van der Waals surface area contributed by atoms with Crippen LogP contribution < -0.4 is 10.2 Å². The van der Waals surface area contributed by atoms with Gasteiger partial charge in [0, 0.05) is 11.1 Å². The van der Waals surface area contributed by atoms with Gasteiger partial charge in [0.15, 0.2) is 0 Å². The van der Waals surface area contributed by atoms with Crippen LogP contribution in [0.5, 0.6) is 5.75 Å². The van der Waals surface area contributed by atoms with Crippen LogP contribution in [0.1, 0.15) is 15.9 Å². The molecule has 3 aromatic carbocycles. The van der Waals surface area contributed by atoms with Crippen molar-refractivity contribution < 1.29 is 9.53 Å². The molecule has 0 heterocycles. The number of benzene rings is 3. The van der Waals surface area contributed by atoms with Crippen molar-refractivity contribution in [3.8, 4) is 5.75 Å². The number of hydrogen-bond acceptors (Lipinski definition) is 3. The third kappa shape index (κ3) is 3.56. The fourth-order valence-electron chi connectivity index (χ4n) is 2.40. The van der Waals surface area contributed by atoms with Gasteiger partial charge in [0.1, 0.15) is 5.75 Å². The molecule has 0 saturated heterocycles. The maximum absolute atomic E-state index is 12.2. The number of hydrazone groups is 1. The first-order valence-electron chi connectivity index (χ1n) is 7.34. The molecule has 0 saturated carbocycles. The van der Waals surface area contributed by atoms with Crippen LogP contribution in [0.4, 0.5) is 0 Å². The van der Waals surface area contributed by atoms with Gasteiger partial charge in [0.2, 0.25) is 0 Å². The van der Waals surface area contributed by atoms with Crippen LogP contribution in [-0.2, 0) is 0 Å². The van der Waals surface area contributed by atoms with E-state index in [2.05, 4.69) is 33.1 Å². The second-order valence-electron chi connectivity index (χ2n) is 5.12. The van der Waals surface area contributed by atoms with Crippen LogP contribution in [0.3, 0.4) is 0 Å². The topological polar surface area (TPSA) is 50.7 Å². The second-order valence-corrected chi connectivity index (χ2v) is 6.28. The zero-order valence-corrected chi connectivity index (χ0v) is 15.2. The third-order valence-corrected chi connectivity index (χ3v) is 4.45. The molecule has 0 aliphatic rings. The number of nitrogens with zero attached hydrogens (tertiary/aromatic N) is 1. The van der Waals surface area contributed by atoms with Gasteiger partial charge < -0.3 is 4.74 Å². The number of amides is 1. The van der Waals surface area contributed by atoms with Crippen molar-refractivity contribution in [2.45, 2.75) is 0 Å². The molecule has 3 aromatic rings. The lowest BCUT2D eigenvalue weighted by molar-refractivity contribution is 0.0955. The molecule has 3 rings (SSSR count). The van der Waals surface area contributed by atoms with Gasteiger partial charge in [-0.05, 0) is 51.6 Å². The summed E-state index contributed by atoms with van der Waals surface area (Å²) in [5, 5.41) is 6.31. The summed E-state index contributed by atoms with van der Waals surface area (Å²) in [6.45, 7) is 0. The van der Waals surface area contributed by atoms with Gasteiger partial charge in [-0.25, -0.2) is 5.43 Å². The highest BCUT2D eigenvalue weighted by Gasteiger charge is 2.08. The summed E-state index contributed by atoms with van der Waals surface area (Å²) in [6.07, 6.45) is 1.66. The van der Waals surface area contributed by atoms with Gasteiger partial charge in [0.25, 0.3) is 5.91 Å². The van der Waals surface area contributed by atoms with Crippen molar-refractivity contribution in [2.75, 3.05) is 7.11 Å². The predicted octanol–water partition coefficient (Wildman–Crippen LogP) is 4.22. The third-order valence-electron chi connectivity index (χ3n) is 3.61. The Hall–Kier alpha value is -2.41. The molecular weight excluding hydrogens is 415 g/mol. The molecule has 1 N–H and O–H groups in total. The Bertz CT molecular complexity index is 917. The smallest absolute Gasteiger partial charge is 0.271 e. The van der Waals surface area contributed by atoms with Gasteiger partial charge in [-0.2, -0.15) is 5.10 Å². The van der Waals surface area contributed by atoms with Crippen LogP contribution in [0.2, 0.25) is 0 Å². The largest absolute Gasteiger partial charge is 0.496 e. The highest BCUT2D eigenvalue weighted by atomic mass is 127. The van der Waals surface area contributed by atoms with E-state index in [1.54, 1.807) is 31.5 Å². The molecule has 0 aliphatic carbocycles.